The van der Waals surface area contributed by atoms with E-state index in [9.17, 15) is 0 Å². The Morgan fingerprint density at radius 2 is 2.39 bits per heavy atom. The topological polar surface area (TPSA) is 39.1 Å². The van der Waals surface area contributed by atoms with Gasteiger partial charge in [0.2, 0.25) is 0 Å². The van der Waals surface area contributed by atoms with Gasteiger partial charge in [0.15, 0.2) is 0 Å². The number of morpholine rings is 1. The number of nitrogens with zero attached hydrogens (tertiary/aromatic N) is 2. The summed E-state index contributed by atoms with van der Waals surface area (Å²) in [6.07, 6.45) is 0.921. The van der Waals surface area contributed by atoms with Gasteiger partial charge in [-0.25, -0.2) is 4.98 Å². The van der Waals surface area contributed by atoms with E-state index in [0.29, 0.717) is 6.04 Å². The predicted octanol–water partition coefficient (Wildman–Crippen LogP) is 1.41. The van der Waals surface area contributed by atoms with Crippen molar-refractivity contribution in [2.24, 2.45) is 7.05 Å². The molecule has 1 atom stereocenters. The molecule has 1 fully saturated rings. The molecule has 1 aliphatic heterocycles. The molecule has 0 bridgehead atoms. The summed E-state index contributed by atoms with van der Waals surface area (Å²) in [5.41, 5.74) is 3.54. The highest BCUT2D eigenvalue weighted by Gasteiger charge is 2.17. The summed E-state index contributed by atoms with van der Waals surface area (Å²) < 4.78 is 7.67. The van der Waals surface area contributed by atoms with Crippen molar-refractivity contribution < 1.29 is 4.74 Å². The Kier molecular flexibility index (Phi) is 3.06. The first-order chi connectivity index (χ1) is 8.74. The Morgan fingerprint density at radius 1 is 1.50 bits per heavy atom. The summed E-state index contributed by atoms with van der Waals surface area (Å²) in [7, 11) is 2.09. The molecule has 2 heterocycles. The number of nitrogens with one attached hydrogen (secondary N) is 1. The maximum absolute atomic E-state index is 5.49. The van der Waals surface area contributed by atoms with Gasteiger partial charge in [-0.3, -0.25) is 0 Å². The van der Waals surface area contributed by atoms with Crippen LogP contribution in [0.4, 0.5) is 0 Å². The number of rotatable bonds is 2. The standard InChI is InChI=1S/C14H19N3O/c1-10-3-4-13-12(7-10)16-14(17(13)2)8-11-9-18-6-5-15-11/h3-4,7,11,15H,5-6,8-9H2,1-2H3. The van der Waals surface area contributed by atoms with Crippen molar-refractivity contribution in [3.8, 4) is 0 Å². The summed E-state index contributed by atoms with van der Waals surface area (Å²) in [4.78, 5) is 4.73. The molecule has 4 heteroatoms. The largest absolute Gasteiger partial charge is 0.379 e. The maximum Gasteiger partial charge on any atom is 0.111 e. The molecule has 2 aromatic rings. The van der Waals surface area contributed by atoms with Crippen molar-refractivity contribution in [1.82, 2.24) is 14.9 Å². The van der Waals surface area contributed by atoms with Crippen LogP contribution < -0.4 is 5.32 Å². The zero-order chi connectivity index (χ0) is 12.5. The van der Waals surface area contributed by atoms with E-state index in [1.54, 1.807) is 0 Å². The second kappa shape index (κ2) is 4.71. The minimum atomic E-state index is 0.385. The normalized spacial score (nSPS) is 20.4. The highest BCUT2D eigenvalue weighted by atomic mass is 16.5. The molecule has 4 nitrogen and oxygen atoms in total. The van der Waals surface area contributed by atoms with Crippen molar-refractivity contribution in [2.75, 3.05) is 19.8 Å². The SMILES string of the molecule is Cc1ccc2c(c1)nc(CC1COCCN1)n2C. The Morgan fingerprint density at radius 3 is 3.17 bits per heavy atom. The van der Waals surface area contributed by atoms with Gasteiger partial charge in [0, 0.05) is 26.1 Å². The quantitative estimate of drug-likeness (QED) is 0.869. The van der Waals surface area contributed by atoms with Gasteiger partial charge in [0.05, 0.1) is 24.2 Å². The zero-order valence-electron chi connectivity index (χ0n) is 10.9. The molecule has 1 aromatic carbocycles. The second-order valence-electron chi connectivity index (χ2n) is 5.01. The van der Waals surface area contributed by atoms with Crippen LogP contribution >= 0.6 is 0 Å². The van der Waals surface area contributed by atoms with Gasteiger partial charge < -0.3 is 14.6 Å². The number of aromatic nitrogens is 2. The highest BCUT2D eigenvalue weighted by Crippen LogP contribution is 2.17. The van der Waals surface area contributed by atoms with Gasteiger partial charge in [0.1, 0.15) is 5.82 Å². The van der Waals surface area contributed by atoms with Crippen LogP contribution in [0.5, 0.6) is 0 Å². The Balaban J connectivity index is 1.89. The number of ether oxygens (including phenoxy) is 1. The van der Waals surface area contributed by atoms with Crippen LogP contribution in [0.1, 0.15) is 11.4 Å². The number of hydrogen-bond acceptors (Lipinski definition) is 3. The molecule has 1 N–H and O–H groups in total. The van der Waals surface area contributed by atoms with E-state index in [1.807, 2.05) is 0 Å². The minimum Gasteiger partial charge on any atom is -0.379 e. The van der Waals surface area contributed by atoms with Crippen LogP contribution in [0.3, 0.4) is 0 Å². The van der Waals surface area contributed by atoms with Gasteiger partial charge in [-0.05, 0) is 24.6 Å². The van der Waals surface area contributed by atoms with E-state index in [4.69, 9.17) is 9.72 Å². The molecule has 1 aromatic heterocycles. The lowest BCUT2D eigenvalue weighted by atomic mass is 10.2. The van der Waals surface area contributed by atoms with Gasteiger partial charge in [-0.15, -0.1) is 0 Å². The lowest BCUT2D eigenvalue weighted by molar-refractivity contribution is 0.0762. The van der Waals surface area contributed by atoms with Gasteiger partial charge in [-0.1, -0.05) is 6.07 Å². The number of hydrogen-bond donors (Lipinski definition) is 1. The van der Waals surface area contributed by atoms with Crippen molar-refractivity contribution in [3.63, 3.8) is 0 Å². The molecule has 0 saturated carbocycles. The molecule has 18 heavy (non-hydrogen) atoms. The van der Waals surface area contributed by atoms with Crippen LogP contribution in [0.25, 0.3) is 11.0 Å². The van der Waals surface area contributed by atoms with Gasteiger partial charge in [0.25, 0.3) is 0 Å². The van der Waals surface area contributed by atoms with Gasteiger partial charge >= 0.3 is 0 Å². The molecule has 96 valence electrons. The van der Waals surface area contributed by atoms with E-state index >= 15 is 0 Å². The minimum absolute atomic E-state index is 0.385. The molecule has 0 aliphatic carbocycles. The third kappa shape index (κ3) is 2.13. The Bertz CT molecular complexity index is 555. The van der Waals surface area contributed by atoms with Crippen molar-refractivity contribution in [1.29, 1.82) is 0 Å². The summed E-state index contributed by atoms with van der Waals surface area (Å²) in [6.45, 7) is 4.64. The van der Waals surface area contributed by atoms with Crippen LogP contribution in [-0.2, 0) is 18.2 Å². The molecule has 0 amide bonds. The summed E-state index contributed by atoms with van der Waals surface area (Å²) in [5, 5.41) is 3.47. The van der Waals surface area contributed by atoms with Crippen LogP contribution in [0.15, 0.2) is 18.2 Å². The van der Waals surface area contributed by atoms with E-state index in [0.717, 1.165) is 37.5 Å². The fourth-order valence-electron chi connectivity index (χ4n) is 2.51. The van der Waals surface area contributed by atoms with E-state index in [2.05, 4.69) is 42.1 Å². The third-order valence-corrected chi connectivity index (χ3v) is 3.56. The monoisotopic (exact) mass is 245 g/mol. The lowest BCUT2D eigenvalue weighted by Crippen LogP contribution is -2.42. The summed E-state index contributed by atoms with van der Waals surface area (Å²) in [6, 6.07) is 6.81. The molecule has 0 radical (unpaired) electrons. The van der Waals surface area contributed by atoms with Crippen molar-refractivity contribution in [3.05, 3.63) is 29.6 Å². The number of imidazole rings is 1. The van der Waals surface area contributed by atoms with Crippen LogP contribution in [-0.4, -0.2) is 35.4 Å². The highest BCUT2D eigenvalue weighted by molar-refractivity contribution is 5.76. The number of aryl methyl sites for hydroxylation is 2. The number of benzene rings is 1. The van der Waals surface area contributed by atoms with Crippen LogP contribution in [0.2, 0.25) is 0 Å². The van der Waals surface area contributed by atoms with E-state index in [-0.39, 0.29) is 0 Å². The van der Waals surface area contributed by atoms with Crippen molar-refractivity contribution in [2.45, 2.75) is 19.4 Å². The molecule has 1 unspecified atom stereocenters. The zero-order valence-corrected chi connectivity index (χ0v) is 10.9. The first-order valence-electron chi connectivity index (χ1n) is 6.47. The molecule has 0 spiro atoms. The average Bonchev–Trinajstić information content (AvgIpc) is 2.67. The summed E-state index contributed by atoms with van der Waals surface area (Å²) in [5.74, 6) is 1.12. The first kappa shape index (κ1) is 11.7. The predicted molar refractivity (Wildman–Crippen MR) is 71.8 cm³/mol. The Hall–Kier alpha value is -1.39. The summed E-state index contributed by atoms with van der Waals surface area (Å²) >= 11 is 0. The lowest BCUT2D eigenvalue weighted by Gasteiger charge is -2.23. The van der Waals surface area contributed by atoms with Gasteiger partial charge in [-0.2, -0.15) is 0 Å². The van der Waals surface area contributed by atoms with E-state index in [1.165, 1.54) is 11.1 Å². The van der Waals surface area contributed by atoms with Crippen LogP contribution in [0, 0.1) is 6.92 Å². The fraction of sp³-hybridized carbons (Fsp3) is 0.500. The molecule has 1 aliphatic rings. The smallest absolute Gasteiger partial charge is 0.111 e. The molecular formula is C14H19N3O. The second-order valence-corrected chi connectivity index (χ2v) is 5.01. The molecule has 1 saturated heterocycles. The molecule has 3 rings (SSSR count). The Labute approximate surface area is 107 Å². The van der Waals surface area contributed by atoms with E-state index < -0.39 is 0 Å². The maximum atomic E-state index is 5.49. The number of fused-ring (bicyclic) bond motifs is 1. The first-order valence-corrected chi connectivity index (χ1v) is 6.47. The molecular weight excluding hydrogens is 226 g/mol. The van der Waals surface area contributed by atoms with Crippen molar-refractivity contribution >= 4 is 11.0 Å². The average molecular weight is 245 g/mol. The fourth-order valence-corrected chi connectivity index (χ4v) is 2.51. The third-order valence-electron chi connectivity index (χ3n) is 3.56.